The van der Waals surface area contributed by atoms with E-state index in [1.54, 1.807) is 0 Å². The Morgan fingerprint density at radius 2 is 1.60 bits per heavy atom. The number of fused-ring (bicyclic) bond motifs is 2. The summed E-state index contributed by atoms with van der Waals surface area (Å²) >= 11 is 0. The maximum absolute atomic E-state index is 13.2. The smallest absolute Gasteiger partial charge is 0.106 e. The topological polar surface area (TPSA) is 26.0 Å². The predicted octanol–water partition coefficient (Wildman–Crippen LogP) is 1.47. The van der Waals surface area contributed by atoms with Crippen LogP contribution in [0, 0.1) is 11.8 Å². The summed E-state index contributed by atoms with van der Waals surface area (Å²) in [6, 6.07) is 0.296. The number of hydrogen-bond acceptors (Lipinski definition) is 1. The molecule has 1 nitrogen and oxygen atoms in total. The van der Waals surface area contributed by atoms with Gasteiger partial charge in [0.25, 0.3) is 0 Å². The lowest BCUT2D eigenvalue weighted by Crippen LogP contribution is -2.35. The summed E-state index contributed by atoms with van der Waals surface area (Å²) in [6.45, 7) is 0. The lowest BCUT2D eigenvalue weighted by molar-refractivity contribution is 0.143. The van der Waals surface area contributed by atoms with Crippen LogP contribution in [0.2, 0.25) is 0 Å². The minimum absolute atomic E-state index is 0.296. The largest absolute Gasteiger partial charge is 0.328 e. The first-order chi connectivity index (χ1) is 4.77. The van der Waals surface area contributed by atoms with Gasteiger partial charge in [-0.15, -0.1) is 0 Å². The molecular formula is C8H14FN. The van der Waals surface area contributed by atoms with Gasteiger partial charge in [0.05, 0.1) is 0 Å². The first kappa shape index (κ1) is 6.59. The Hall–Kier alpha value is -0.110. The third-order valence-corrected chi connectivity index (χ3v) is 3.02. The van der Waals surface area contributed by atoms with E-state index in [9.17, 15) is 4.39 Å². The Labute approximate surface area is 60.8 Å². The maximum Gasteiger partial charge on any atom is 0.106 e. The molecule has 2 fully saturated rings. The Bertz CT molecular complexity index is 123. The second-order valence-corrected chi connectivity index (χ2v) is 3.77. The molecule has 0 spiro atoms. The Balaban J connectivity index is 2.09. The lowest BCUT2D eigenvalue weighted by Gasteiger charge is -2.27. The maximum atomic E-state index is 13.2. The highest BCUT2D eigenvalue weighted by atomic mass is 19.1. The molecule has 2 rings (SSSR count). The van der Waals surface area contributed by atoms with Gasteiger partial charge in [-0.1, -0.05) is 0 Å². The van der Waals surface area contributed by atoms with E-state index in [0.717, 1.165) is 25.7 Å². The van der Waals surface area contributed by atoms with Crippen molar-refractivity contribution in [2.24, 2.45) is 17.6 Å². The van der Waals surface area contributed by atoms with E-state index >= 15 is 0 Å². The summed E-state index contributed by atoms with van der Waals surface area (Å²) in [5, 5.41) is 0. The van der Waals surface area contributed by atoms with Crippen molar-refractivity contribution in [3.63, 3.8) is 0 Å². The third kappa shape index (κ3) is 0.858. The second-order valence-electron chi connectivity index (χ2n) is 3.77. The van der Waals surface area contributed by atoms with Crippen molar-refractivity contribution < 1.29 is 4.39 Å². The number of halogens is 1. The zero-order chi connectivity index (χ0) is 7.14. The fourth-order valence-corrected chi connectivity index (χ4v) is 2.50. The molecule has 0 saturated heterocycles. The number of alkyl halides is 1. The minimum atomic E-state index is -0.514. The van der Waals surface area contributed by atoms with Gasteiger partial charge in [0, 0.05) is 6.04 Å². The molecule has 0 heterocycles. The van der Waals surface area contributed by atoms with Crippen LogP contribution >= 0.6 is 0 Å². The summed E-state index contributed by atoms with van der Waals surface area (Å²) in [7, 11) is 0. The molecule has 0 aromatic heterocycles. The monoisotopic (exact) mass is 143 g/mol. The van der Waals surface area contributed by atoms with Crippen LogP contribution in [0.25, 0.3) is 0 Å². The molecular weight excluding hydrogens is 129 g/mol. The summed E-state index contributed by atoms with van der Waals surface area (Å²) in [5.74, 6) is 0.627. The zero-order valence-corrected chi connectivity index (χ0v) is 6.09. The van der Waals surface area contributed by atoms with Crippen LogP contribution in [0.15, 0.2) is 0 Å². The molecule has 10 heavy (non-hydrogen) atoms. The van der Waals surface area contributed by atoms with Crippen molar-refractivity contribution in [2.75, 3.05) is 0 Å². The molecule has 2 saturated carbocycles. The van der Waals surface area contributed by atoms with Crippen molar-refractivity contribution in [1.82, 2.24) is 0 Å². The summed E-state index contributed by atoms with van der Waals surface area (Å²) < 4.78 is 13.2. The van der Waals surface area contributed by atoms with E-state index in [2.05, 4.69) is 0 Å². The van der Waals surface area contributed by atoms with Crippen LogP contribution in [-0.2, 0) is 0 Å². The Kier molecular flexibility index (Phi) is 1.44. The van der Waals surface area contributed by atoms with Gasteiger partial charge in [-0.3, -0.25) is 0 Å². The summed E-state index contributed by atoms with van der Waals surface area (Å²) in [6.07, 6.45) is 3.51. The molecule has 2 heteroatoms. The van der Waals surface area contributed by atoms with E-state index in [-0.39, 0.29) is 0 Å². The van der Waals surface area contributed by atoms with Gasteiger partial charge in [0.1, 0.15) is 6.17 Å². The molecule has 0 radical (unpaired) electrons. The normalized spacial score (nSPS) is 53.4. The van der Waals surface area contributed by atoms with E-state index in [1.165, 1.54) is 0 Å². The molecule has 0 aromatic carbocycles. The first-order valence-electron chi connectivity index (χ1n) is 4.17. The standard InChI is InChI=1S/C8H14FN/c9-8-5-1-2-6(8)4-7(10)3-5/h5-8H,1-4,10H2. The Morgan fingerprint density at radius 1 is 1.10 bits per heavy atom. The van der Waals surface area contributed by atoms with Crippen molar-refractivity contribution in [3.05, 3.63) is 0 Å². The molecule has 2 unspecified atom stereocenters. The molecule has 0 aliphatic heterocycles. The van der Waals surface area contributed by atoms with Gasteiger partial charge in [-0.05, 0) is 37.5 Å². The number of rotatable bonds is 0. The van der Waals surface area contributed by atoms with Crippen molar-refractivity contribution in [1.29, 1.82) is 0 Å². The lowest BCUT2D eigenvalue weighted by atomic mass is 9.84. The van der Waals surface area contributed by atoms with Gasteiger partial charge >= 0.3 is 0 Å². The molecule has 2 bridgehead atoms. The van der Waals surface area contributed by atoms with Gasteiger partial charge in [-0.25, -0.2) is 4.39 Å². The SMILES string of the molecule is NC1CC2CCC(C1)C2F. The molecule has 2 N–H and O–H groups in total. The molecule has 2 aliphatic carbocycles. The second kappa shape index (κ2) is 2.19. The molecule has 0 amide bonds. The number of nitrogens with two attached hydrogens (primary N) is 1. The van der Waals surface area contributed by atoms with Crippen LogP contribution < -0.4 is 5.73 Å². The highest BCUT2D eigenvalue weighted by molar-refractivity contribution is 4.93. The van der Waals surface area contributed by atoms with E-state index in [4.69, 9.17) is 5.73 Å². The predicted molar refractivity (Wildman–Crippen MR) is 38.3 cm³/mol. The number of hydrogen-bond donors (Lipinski definition) is 1. The molecule has 58 valence electrons. The van der Waals surface area contributed by atoms with E-state index < -0.39 is 6.17 Å². The zero-order valence-electron chi connectivity index (χ0n) is 6.09. The molecule has 0 aromatic rings. The van der Waals surface area contributed by atoms with Crippen LogP contribution in [-0.4, -0.2) is 12.2 Å². The van der Waals surface area contributed by atoms with Crippen molar-refractivity contribution in [3.8, 4) is 0 Å². The summed E-state index contributed by atoms with van der Waals surface area (Å²) in [4.78, 5) is 0. The average molecular weight is 143 g/mol. The Morgan fingerprint density at radius 3 is 2.10 bits per heavy atom. The summed E-state index contributed by atoms with van der Waals surface area (Å²) in [5.41, 5.74) is 5.75. The molecule has 2 aliphatic rings. The highest BCUT2D eigenvalue weighted by Gasteiger charge is 2.41. The van der Waals surface area contributed by atoms with Crippen LogP contribution in [0.1, 0.15) is 25.7 Å². The third-order valence-electron chi connectivity index (χ3n) is 3.02. The van der Waals surface area contributed by atoms with Gasteiger partial charge < -0.3 is 5.73 Å². The fraction of sp³-hybridized carbons (Fsp3) is 1.00. The first-order valence-corrected chi connectivity index (χ1v) is 4.17. The van der Waals surface area contributed by atoms with E-state index in [0.29, 0.717) is 17.9 Å². The van der Waals surface area contributed by atoms with Crippen LogP contribution in [0.4, 0.5) is 4.39 Å². The van der Waals surface area contributed by atoms with Crippen molar-refractivity contribution in [2.45, 2.75) is 37.9 Å². The van der Waals surface area contributed by atoms with Gasteiger partial charge in [-0.2, -0.15) is 0 Å². The molecule has 2 atom stereocenters. The fourth-order valence-electron chi connectivity index (χ4n) is 2.50. The van der Waals surface area contributed by atoms with E-state index in [1.807, 2.05) is 0 Å². The van der Waals surface area contributed by atoms with Gasteiger partial charge in [0.2, 0.25) is 0 Å². The van der Waals surface area contributed by atoms with Crippen LogP contribution in [0.3, 0.4) is 0 Å². The van der Waals surface area contributed by atoms with Gasteiger partial charge in [0.15, 0.2) is 0 Å². The van der Waals surface area contributed by atoms with Crippen molar-refractivity contribution >= 4 is 0 Å². The quantitative estimate of drug-likeness (QED) is 0.546. The average Bonchev–Trinajstić information content (AvgIpc) is 2.20. The highest BCUT2D eigenvalue weighted by Crippen LogP contribution is 2.43. The van der Waals surface area contributed by atoms with Crippen LogP contribution in [0.5, 0.6) is 0 Å². The minimum Gasteiger partial charge on any atom is -0.328 e.